The van der Waals surface area contributed by atoms with Crippen molar-refractivity contribution in [2.24, 2.45) is 0 Å². The second kappa shape index (κ2) is 6.38. The summed E-state index contributed by atoms with van der Waals surface area (Å²) in [5.41, 5.74) is 0.902. The Kier molecular flexibility index (Phi) is 4.58. The number of hydrogen-bond acceptors (Lipinski definition) is 2. The molecule has 19 heavy (non-hydrogen) atoms. The number of rotatable bonds is 5. The molecule has 5 heteroatoms. The molecule has 0 aliphatic heterocycles. The number of H-pyrrole nitrogens is 1. The Bertz CT molecular complexity index is 539. The Morgan fingerprint density at radius 3 is 3.00 bits per heavy atom. The third-order valence-electron chi connectivity index (χ3n) is 2.85. The molecule has 100 valence electrons. The van der Waals surface area contributed by atoms with E-state index in [0.717, 1.165) is 17.8 Å². The highest BCUT2D eigenvalue weighted by Gasteiger charge is 2.14. The maximum absolute atomic E-state index is 12.0. The molecule has 2 aromatic rings. The van der Waals surface area contributed by atoms with Gasteiger partial charge in [0.1, 0.15) is 5.82 Å². The SMILES string of the molecule is CCC(NC(=O)Cc1cccc(Cl)c1)c1ncc[nH]1. The van der Waals surface area contributed by atoms with Gasteiger partial charge in [-0.15, -0.1) is 0 Å². The van der Waals surface area contributed by atoms with Crippen LogP contribution >= 0.6 is 11.6 Å². The van der Waals surface area contributed by atoms with E-state index >= 15 is 0 Å². The van der Waals surface area contributed by atoms with Crippen molar-refractivity contribution in [3.8, 4) is 0 Å². The molecule has 2 rings (SSSR count). The minimum Gasteiger partial charge on any atom is -0.347 e. The first-order chi connectivity index (χ1) is 9.19. The molecule has 0 bridgehead atoms. The number of carbonyl (C=O) groups is 1. The molecular formula is C14H16ClN3O. The number of aromatic nitrogens is 2. The van der Waals surface area contributed by atoms with Gasteiger partial charge in [0.15, 0.2) is 0 Å². The van der Waals surface area contributed by atoms with E-state index < -0.39 is 0 Å². The van der Waals surface area contributed by atoms with Crippen LogP contribution in [-0.2, 0) is 11.2 Å². The van der Waals surface area contributed by atoms with Gasteiger partial charge in [-0.05, 0) is 24.1 Å². The Morgan fingerprint density at radius 2 is 2.37 bits per heavy atom. The van der Waals surface area contributed by atoms with Crippen LogP contribution in [-0.4, -0.2) is 15.9 Å². The van der Waals surface area contributed by atoms with Crippen LogP contribution in [0.15, 0.2) is 36.7 Å². The van der Waals surface area contributed by atoms with Crippen molar-refractivity contribution >= 4 is 17.5 Å². The van der Waals surface area contributed by atoms with Crippen molar-refractivity contribution in [2.75, 3.05) is 0 Å². The monoisotopic (exact) mass is 277 g/mol. The molecule has 1 aromatic carbocycles. The molecule has 1 heterocycles. The summed E-state index contributed by atoms with van der Waals surface area (Å²) in [5, 5.41) is 3.60. The lowest BCUT2D eigenvalue weighted by atomic mass is 10.1. The molecule has 1 aromatic heterocycles. The van der Waals surface area contributed by atoms with Gasteiger partial charge < -0.3 is 10.3 Å². The zero-order valence-corrected chi connectivity index (χ0v) is 11.4. The predicted molar refractivity (Wildman–Crippen MR) is 74.9 cm³/mol. The quantitative estimate of drug-likeness (QED) is 0.883. The highest BCUT2D eigenvalue weighted by molar-refractivity contribution is 6.30. The number of amides is 1. The van der Waals surface area contributed by atoms with Crippen LogP contribution in [0.4, 0.5) is 0 Å². The van der Waals surface area contributed by atoms with E-state index in [1.54, 1.807) is 24.5 Å². The van der Waals surface area contributed by atoms with Gasteiger partial charge in [0.25, 0.3) is 0 Å². The van der Waals surface area contributed by atoms with Crippen molar-refractivity contribution < 1.29 is 4.79 Å². The van der Waals surface area contributed by atoms with Crippen LogP contribution < -0.4 is 5.32 Å². The summed E-state index contributed by atoms with van der Waals surface area (Å²) >= 11 is 5.90. The van der Waals surface area contributed by atoms with Gasteiger partial charge in [0.2, 0.25) is 5.91 Å². The smallest absolute Gasteiger partial charge is 0.225 e. The number of nitrogens with one attached hydrogen (secondary N) is 2. The molecule has 2 N–H and O–H groups in total. The fraction of sp³-hybridized carbons (Fsp3) is 0.286. The summed E-state index contributed by atoms with van der Waals surface area (Å²) in [6.07, 6.45) is 4.54. The van der Waals surface area contributed by atoms with Crippen LogP contribution in [0.1, 0.15) is 30.8 Å². The Labute approximate surface area is 117 Å². The van der Waals surface area contributed by atoms with Crippen molar-refractivity contribution in [3.63, 3.8) is 0 Å². The fourth-order valence-electron chi connectivity index (χ4n) is 1.91. The Hall–Kier alpha value is -1.81. The molecule has 4 nitrogen and oxygen atoms in total. The number of halogens is 1. The molecule has 0 aliphatic carbocycles. The topological polar surface area (TPSA) is 57.8 Å². The van der Waals surface area contributed by atoms with Gasteiger partial charge in [0, 0.05) is 17.4 Å². The minimum absolute atomic E-state index is 0.0366. The van der Waals surface area contributed by atoms with E-state index in [1.165, 1.54) is 0 Å². The van der Waals surface area contributed by atoms with Crippen molar-refractivity contribution in [1.29, 1.82) is 0 Å². The highest BCUT2D eigenvalue weighted by atomic mass is 35.5. The fourth-order valence-corrected chi connectivity index (χ4v) is 2.12. The van der Waals surface area contributed by atoms with Crippen LogP contribution in [0.2, 0.25) is 5.02 Å². The summed E-state index contributed by atoms with van der Waals surface area (Å²) in [6, 6.07) is 7.24. The average Bonchev–Trinajstić information content (AvgIpc) is 2.89. The van der Waals surface area contributed by atoms with E-state index in [-0.39, 0.29) is 11.9 Å². The molecule has 1 unspecified atom stereocenters. The van der Waals surface area contributed by atoms with Gasteiger partial charge in [0.05, 0.1) is 12.5 Å². The van der Waals surface area contributed by atoms with E-state index in [4.69, 9.17) is 11.6 Å². The number of imidazole rings is 1. The second-order valence-corrected chi connectivity index (χ2v) is 4.75. The van der Waals surface area contributed by atoms with Crippen LogP contribution in [0, 0.1) is 0 Å². The van der Waals surface area contributed by atoms with Gasteiger partial charge in [-0.3, -0.25) is 4.79 Å². The molecule has 0 radical (unpaired) electrons. The van der Waals surface area contributed by atoms with Crippen molar-refractivity contribution in [3.05, 3.63) is 53.1 Å². The molecule has 0 spiro atoms. The lowest BCUT2D eigenvalue weighted by molar-refractivity contribution is -0.121. The third kappa shape index (κ3) is 3.83. The number of carbonyl (C=O) groups excluding carboxylic acids is 1. The summed E-state index contributed by atoms with van der Waals surface area (Å²) in [5.74, 6) is 0.743. The lowest BCUT2D eigenvalue weighted by Gasteiger charge is -2.14. The van der Waals surface area contributed by atoms with E-state index in [9.17, 15) is 4.79 Å². The summed E-state index contributed by atoms with van der Waals surface area (Å²) in [7, 11) is 0. The first kappa shape index (κ1) is 13.6. The molecular weight excluding hydrogens is 262 g/mol. The maximum Gasteiger partial charge on any atom is 0.225 e. The molecule has 0 saturated carbocycles. The summed E-state index contributed by atoms with van der Waals surface area (Å²) in [6.45, 7) is 2.01. The van der Waals surface area contributed by atoms with Crippen molar-refractivity contribution in [1.82, 2.24) is 15.3 Å². The van der Waals surface area contributed by atoms with E-state index in [0.29, 0.717) is 11.4 Å². The van der Waals surface area contributed by atoms with Crippen LogP contribution in [0.5, 0.6) is 0 Å². The van der Waals surface area contributed by atoms with Gasteiger partial charge in [-0.25, -0.2) is 4.98 Å². The first-order valence-electron chi connectivity index (χ1n) is 6.22. The van der Waals surface area contributed by atoms with Crippen LogP contribution in [0.25, 0.3) is 0 Å². The summed E-state index contributed by atoms with van der Waals surface area (Å²) < 4.78 is 0. The maximum atomic E-state index is 12.0. The van der Waals surface area contributed by atoms with Gasteiger partial charge in [-0.2, -0.15) is 0 Å². The number of hydrogen-bond donors (Lipinski definition) is 2. The number of aromatic amines is 1. The van der Waals surface area contributed by atoms with E-state index in [2.05, 4.69) is 15.3 Å². The minimum atomic E-state index is -0.0818. The third-order valence-corrected chi connectivity index (χ3v) is 3.08. The zero-order valence-electron chi connectivity index (χ0n) is 10.7. The Balaban J connectivity index is 1.97. The normalized spacial score (nSPS) is 12.1. The Morgan fingerprint density at radius 1 is 1.53 bits per heavy atom. The molecule has 1 atom stereocenters. The predicted octanol–water partition coefficient (Wildman–Crippen LogP) is 2.87. The molecule has 0 aliphatic rings. The molecule has 0 fully saturated rings. The summed E-state index contributed by atoms with van der Waals surface area (Å²) in [4.78, 5) is 19.2. The first-order valence-corrected chi connectivity index (χ1v) is 6.60. The largest absolute Gasteiger partial charge is 0.347 e. The van der Waals surface area contributed by atoms with E-state index in [1.807, 2.05) is 19.1 Å². The number of benzene rings is 1. The number of nitrogens with zero attached hydrogens (tertiary/aromatic N) is 1. The molecule has 1 amide bonds. The van der Waals surface area contributed by atoms with Crippen LogP contribution in [0.3, 0.4) is 0 Å². The lowest BCUT2D eigenvalue weighted by Crippen LogP contribution is -2.30. The molecule has 0 saturated heterocycles. The second-order valence-electron chi connectivity index (χ2n) is 4.31. The zero-order chi connectivity index (χ0) is 13.7. The average molecular weight is 278 g/mol. The van der Waals surface area contributed by atoms with Crippen molar-refractivity contribution in [2.45, 2.75) is 25.8 Å². The van der Waals surface area contributed by atoms with Gasteiger partial charge in [-0.1, -0.05) is 30.7 Å². The standard InChI is InChI=1S/C14H16ClN3O/c1-2-12(14-16-6-7-17-14)18-13(19)9-10-4-3-5-11(15)8-10/h3-8,12H,2,9H2,1H3,(H,16,17)(H,18,19). The van der Waals surface area contributed by atoms with Gasteiger partial charge >= 0.3 is 0 Å². The highest BCUT2D eigenvalue weighted by Crippen LogP contribution is 2.14.